The van der Waals surface area contributed by atoms with Crippen LogP contribution in [0.4, 0.5) is 5.69 Å². The van der Waals surface area contributed by atoms with E-state index >= 15 is 0 Å². The van der Waals surface area contributed by atoms with Gasteiger partial charge < -0.3 is 10.1 Å². The number of hydrogen-bond donors (Lipinski definition) is 1. The molecule has 1 atom stereocenters. The number of hydrogen-bond acceptors (Lipinski definition) is 2. The van der Waals surface area contributed by atoms with Gasteiger partial charge in [-0.25, -0.2) is 0 Å². The van der Waals surface area contributed by atoms with Gasteiger partial charge in [-0.15, -0.1) is 0 Å². The summed E-state index contributed by atoms with van der Waals surface area (Å²) >= 11 is 6.06. The Morgan fingerprint density at radius 2 is 1.79 bits per heavy atom. The first-order valence-electron chi connectivity index (χ1n) is 10.2. The molecule has 0 aliphatic rings. The molecule has 2 aromatic rings. The average molecular weight is 402 g/mol. The van der Waals surface area contributed by atoms with Gasteiger partial charge in [-0.2, -0.15) is 0 Å². The molecule has 0 saturated carbocycles. The molecule has 1 amide bonds. The van der Waals surface area contributed by atoms with Crippen LogP contribution >= 0.6 is 11.6 Å². The Morgan fingerprint density at radius 3 is 2.43 bits per heavy atom. The Balaban J connectivity index is 1.85. The average Bonchev–Trinajstić information content (AvgIpc) is 2.65. The number of nitrogens with one attached hydrogen (secondary N) is 1. The summed E-state index contributed by atoms with van der Waals surface area (Å²) in [5.41, 5.74) is 4.07. The number of halogens is 1. The maximum absolute atomic E-state index is 12.4. The first-order chi connectivity index (χ1) is 13.5. The Labute approximate surface area is 174 Å². The van der Waals surface area contributed by atoms with Gasteiger partial charge in [0.2, 0.25) is 5.91 Å². The smallest absolute Gasteiger partial charge is 0.226 e. The highest BCUT2D eigenvalue weighted by atomic mass is 35.5. The number of unbranched alkanes of at least 4 members (excludes halogenated alkanes) is 2. The van der Waals surface area contributed by atoms with E-state index in [1.165, 1.54) is 18.4 Å². The van der Waals surface area contributed by atoms with E-state index in [1.807, 2.05) is 32.0 Å². The van der Waals surface area contributed by atoms with E-state index in [9.17, 15) is 4.79 Å². The number of benzene rings is 2. The summed E-state index contributed by atoms with van der Waals surface area (Å²) in [7, 11) is 0. The molecule has 1 N–H and O–H groups in total. The van der Waals surface area contributed by atoms with E-state index in [1.54, 1.807) is 0 Å². The first-order valence-corrected chi connectivity index (χ1v) is 10.6. The molecule has 2 rings (SSSR count). The van der Waals surface area contributed by atoms with Gasteiger partial charge in [0.05, 0.1) is 19.1 Å². The van der Waals surface area contributed by atoms with Gasteiger partial charge in [0, 0.05) is 10.7 Å². The summed E-state index contributed by atoms with van der Waals surface area (Å²) in [6, 6.07) is 14.1. The predicted molar refractivity (Wildman–Crippen MR) is 118 cm³/mol. The molecule has 0 aliphatic heterocycles. The molecule has 1 unspecified atom stereocenters. The summed E-state index contributed by atoms with van der Waals surface area (Å²) in [6.45, 7) is 6.54. The van der Waals surface area contributed by atoms with Gasteiger partial charge in [-0.1, -0.05) is 68.1 Å². The third-order valence-corrected chi connectivity index (χ3v) is 5.10. The summed E-state index contributed by atoms with van der Waals surface area (Å²) in [5, 5.41) is 3.69. The zero-order valence-electron chi connectivity index (χ0n) is 17.3. The lowest BCUT2D eigenvalue weighted by Crippen LogP contribution is -2.21. The standard InChI is InChI=1S/C24H32ClNO2/c1-4-5-7-12-22(17-20-10-8-6-9-11-20)28-14-13-23(27)26-24-18(2)15-21(25)16-19(24)3/h6,8-11,15-16,22H,4-5,7,12-14,17H2,1-3H3,(H,26,27). The second kappa shape index (κ2) is 11.9. The second-order valence-corrected chi connectivity index (χ2v) is 7.83. The van der Waals surface area contributed by atoms with Crippen LogP contribution in [-0.2, 0) is 16.0 Å². The molecule has 3 nitrogen and oxygen atoms in total. The van der Waals surface area contributed by atoms with E-state index in [-0.39, 0.29) is 12.0 Å². The third kappa shape index (κ3) is 7.65. The monoisotopic (exact) mass is 401 g/mol. The molecule has 0 fully saturated rings. The summed E-state index contributed by atoms with van der Waals surface area (Å²) in [4.78, 5) is 12.4. The van der Waals surface area contributed by atoms with Crippen LogP contribution in [-0.4, -0.2) is 18.6 Å². The van der Waals surface area contributed by atoms with Crippen molar-refractivity contribution < 1.29 is 9.53 Å². The molecule has 0 radical (unpaired) electrons. The van der Waals surface area contributed by atoms with Gasteiger partial charge in [-0.05, 0) is 55.5 Å². The Bertz CT molecular complexity index is 723. The lowest BCUT2D eigenvalue weighted by Gasteiger charge is -2.18. The van der Waals surface area contributed by atoms with E-state index < -0.39 is 0 Å². The van der Waals surface area contributed by atoms with Crippen molar-refractivity contribution in [3.8, 4) is 0 Å². The van der Waals surface area contributed by atoms with Crippen molar-refractivity contribution in [2.75, 3.05) is 11.9 Å². The van der Waals surface area contributed by atoms with Crippen LogP contribution in [0.2, 0.25) is 5.02 Å². The van der Waals surface area contributed by atoms with Crippen molar-refractivity contribution in [1.82, 2.24) is 0 Å². The predicted octanol–water partition coefficient (Wildman–Crippen LogP) is 6.49. The lowest BCUT2D eigenvalue weighted by atomic mass is 10.0. The molecule has 2 aromatic carbocycles. The van der Waals surface area contributed by atoms with Gasteiger partial charge in [0.1, 0.15) is 0 Å². The fourth-order valence-corrected chi connectivity index (χ4v) is 3.70. The molecular formula is C24H32ClNO2. The highest BCUT2D eigenvalue weighted by Crippen LogP contribution is 2.25. The second-order valence-electron chi connectivity index (χ2n) is 7.39. The van der Waals surface area contributed by atoms with Crippen molar-refractivity contribution in [2.24, 2.45) is 0 Å². The number of rotatable bonds is 11. The topological polar surface area (TPSA) is 38.3 Å². The molecule has 4 heteroatoms. The van der Waals surface area contributed by atoms with Gasteiger partial charge in [-0.3, -0.25) is 4.79 Å². The molecule has 0 aliphatic carbocycles. The van der Waals surface area contributed by atoms with Crippen LogP contribution in [0, 0.1) is 13.8 Å². The highest BCUT2D eigenvalue weighted by molar-refractivity contribution is 6.30. The molecule has 152 valence electrons. The molecule has 0 bridgehead atoms. The van der Waals surface area contributed by atoms with Crippen LogP contribution < -0.4 is 5.32 Å². The molecule has 0 heterocycles. The number of anilines is 1. The minimum absolute atomic E-state index is 0.0273. The van der Waals surface area contributed by atoms with Crippen molar-refractivity contribution in [3.63, 3.8) is 0 Å². The molecule has 28 heavy (non-hydrogen) atoms. The molecule has 0 spiro atoms. The highest BCUT2D eigenvalue weighted by Gasteiger charge is 2.13. The number of carbonyl (C=O) groups is 1. The van der Waals surface area contributed by atoms with Gasteiger partial charge in [0.25, 0.3) is 0 Å². The van der Waals surface area contributed by atoms with Crippen molar-refractivity contribution in [1.29, 1.82) is 0 Å². The van der Waals surface area contributed by atoms with E-state index in [4.69, 9.17) is 16.3 Å². The Hall–Kier alpha value is -1.84. The van der Waals surface area contributed by atoms with Crippen molar-refractivity contribution in [2.45, 2.75) is 65.4 Å². The van der Waals surface area contributed by atoms with Crippen LogP contribution in [0.15, 0.2) is 42.5 Å². The van der Waals surface area contributed by atoms with Gasteiger partial charge in [0.15, 0.2) is 0 Å². The maximum atomic E-state index is 12.4. The summed E-state index contributed by atoms with van der Waals surface area (Å²) in [5.74, 6) is -0.0273. The summed E-state index contributed by atoms with van der Waals surface area (Å²) in [6.07, 6.45) is 5.98. The van der Waals surface area contributed by atoms with Crippen LogP contribution in [0.1, 0.15) is 55.7 Å². The molecule has 0 aromatic heterocycles. The summed E-state index contributed by atoms with van der Waals surface area (Å²) < 4.78 is 6.10. The quantitative estimate of drug-likeness (QED) is 0.437. The Kier molecular flexibility index (Phi) is 9.52. The van der Waals surface area contributed by atoms with E-state index in [0.29, 0.717) is 18.1 Å². The minimum Gasteiger partial charge on any atom is -0.377 e. The third-order valence-electron chi connectivity index (χ3n) is 4.88. The lowest BCUT2D eigenvalue weighted by molar-refractivity contribution is -0.117. The normalized spacial score (nSPS) is 12.0. The maximum Gasteiger partial charge on any atom is 0.226 e. The SMILES string of the molecule is CCCCCC(Cc1ccccc1)OCCC(=O)Nc1c(C)cc(Cl)cc1C. The minimum atomic E-state index is -0.0273. The zero-order chi connectivity index (χ0) is 20.4. The number of ether oxygens (including phenoxy) is 1. The fourth-order valence-electron chi connectivity index (χ4n) is 3.37. The largest absolute Gasteiger partial charge is 0.377 e. The van der Waals surface area contributed by atoms with Gasteiger partial charge >= 0.3 is 0 Å². The van der Waals surface area contributed by atoms with Crippen molar-refractivity contribution >= 4 is 23.2 Å². The molecular weight excluding hydrogens is 370 g/mol. The number of aryl methyl sites for hydroxylation is 2. The van der Waals surface area contributed by atoms with Crippen LogP contribution in [0.5, 0.6) is 0 Å². The fraction of sp³-hybridized carbons (Fsp3) is 0.458. The zero-order valence-corrected chi connectivity index (χ0v) is 18.0. The first kappa shape index (κ1) is 22.4. The Morgan fingerprint density at radius 1 is 1.11 bits per heavy atom. The van der Waals surface area contributed by atoms with E-state index in [2.05, 4.69) is 36.5 Å². The van der Waals surface area contributed by atoms with Crippen LogP contribution in [0.3, 0.4) is 0 Å². The number of amides is 1. The number of carbonyl (C=O) groups excluding carboxylic acids is 1. The molecule has 0 saturated heterocycles. The van der Waals surface area contributed by atoms with Crippen molar-refractivity contribution in [3.05, 3.63) is 64.2 Å². The van der Waals surface area contributed by atoms with Crippen LogP contribution in [0.25, 0.3) is 0 Å². The van der Waals surface area contributed by atoms with E-state index in [0.717, 1.165) is 36.1 Å².